The van der Waals surface area contributed by atoms with Crippen LogP contribution < -0.4 is 0 Å². The average Bonchev–Trinajstić information content (AvgIpc) is 2.72. The molecule has 2 rings (SSSR count). The molecule has 0 aliphatic heterocycles. The zero-order chi connectivity index (χ0) is 22.0. The van der Waals surface area contributed by atoms with E-state index >= 15 is 0 Å². The number of hydrogen-bond donors (Lipinski definition) is 1. The van der Waals surface area contributed by atoms with Gasteiger partial charge in [0.05, 0.1) is 11.0 Å². The molecule has 0 heterocycles. The Hall–Kier alpha value is -2.34. The summed E-state index contributed by atoms with van der Waals surface area (Å²) >= 11 is 0. The highest BCUT2D eigenvalue weighted by atomic mass is 32.2. The van der Waals surface area contributed by atoms with Crippen LogP contribution in [0.15, 0.2) is 52.3 Å². The molecule has 2 aromatic rings. The van der Waals surface area contributed by atoms with Crippen molar-refractivity contribution in [2.45, 2.75) is 81.1 Å². The predicted molar refractivity (Wildman–Crippen MR) is 117 cm³/mol. The van der Waals surface area contributed by atoms with E-state index in [1.807, 2.05) is 19.9 Å². The van der Waals surface area contributed by atoms with E-state index in [1.165, 1.54) is 6.07 Å². The Labute approximate surface area is 180 Å². The zero-order valence-electron chi connectivity index (χ0n) is 17.8. The van der Waals surface area contributed by atoms with E-state index in [-0.39, 0.29) is 21.6 Å². The molecule has 0 spiro atoms. The maximum absolute atomic E-state index is 12.9. The molecule has 0 bridgehead atoms. The molecule has 0 aromatic heterocycles. The first kappa shape index (κ1) is 23.9. The molecule has 0 radical (unpaired) electrons. The summed E-state index contributed by atoms with van der Waals surface area (Å²) in [6.45, 7) is 4.25. The van der Waals surface area contributed by atoms with Crippen LogP contribution in [0.5, 0.6) is 5.75 Å². The van der Waals surface area contributed by atoms with E-state index in [0.29, 0.717) is 18.5 Å². The quantitative estimate of drug-likeness (QED) is 0.340. The van der Waals surface area contributed by atoms with Gasteiger partial charge in [-0.1, -0.05) is 49.9 Å². The molecule has 0 aliphatic carbocycles. The molecule has 1 unspecified atom stereocenters. The smallest absolute Gasteiger partial charge is 0.293 e. The maximum atomic E-state index is 12.9. The Kier molecular flexibility index (Phi) is 9.37. The van der Waals surface area contributed by atoms with Crippen LogP contribution in [-0.4, -0.2) is 26.1 Å². The molecule has 1 N–H and O–H groups in total. The zero-order valence-corrected chi connectivity index (χ0v) is 18.7. The highest BCUT2D eigenvalue weighted by Gasteiger charge is 2.23. The molecular formula is C24H32O5S. The van der Waals surface area contributed by atoms with Gasteiger partial charge in [0, 0.05) is 0 Å². The standard InChI is InChI=1S/C24H32O5S/c1-19-16-21(13-9-6-4-3-5-8-12-20(2)29-18-25)24(26)23(17-19)30(27,28)22-14-10-7-11-15-22/h7,10-11,14-18,20,26H,3-6,8-9,12-13H2,1-2H3. The van der Waals surface area contributed by atoms with Gasteiger partial charge in [-0.15, -0.1) is 0 Å². The minimum absolute atomic E-state index is 0.0182. The Balaban J connectivity index is 1.88. The number of carbonyl (C=O) groups excluding carboxylic acids is 1. The van der Waals surface area contributed by atoms with Crippen molar-refractivity contribution < 1.29 is 23.1 Å². The van der Waals surface area contributed by atoms with Gasteiger partial charge in [0.2, 0.25) is 9.84 Å². The van der Waals surface area contributed by atoms with Gasteiger partial charge in [0.25, 0.3) is 6.47 Å². The van der Waals surface area contributed by atoms with Crippen molar-refractivity contribution in [2.24, 2.45) is 0 Å². The van der Waals surface area contributed by atoms with Gasteiger partial charge in [-0.2, -0.15) is 0 Å². The average molecular weight is 433 g/mol. The van der Waals surface area contributed by atoms with Crippen molar-refractivity contribution >= 4 is 16.3 Å². The number of carbonyl (C=O) groups is 1. The SMILES string of the molecule is Cc1cc(CCCCCCCCC(C)OC=O)c(O)c(S(=O)(=O)c2ccccc2)c1. The maximum Gasteiger partial charge on any atom is 0.293 e. The molecule has 164 valence electrons. The topological polar surface area (TPSA) is 80.7 Å². The Morgan fingerprint density at radius 1 is 1.00 bits per heavy atom. The lowest BCUT2D eigenvalue weighted by Gasteiger charge is -2.13. The van der Waals surface area contributed by atoms with Gasteiger partial charge in [-0.05, 0) is 68.9 Å². The number of hydrogen-bond acceptors (Lipinski definition) is 5. The minimum atomic E-state index is -3.75. The number of ether oxygens (including phenoxy) is 1. The van der Waals surface area contributed by atoms with Crippen LogP contribution in [0, 0.1) is 6.92 Å². The van der Waals surface area contributed by atoms with Crippen LogP contribution in [0.1, 0.15) is 63.0 Å². The number of benzene rings is 2. The fourth-order valence-corrected chi connectivity index (χ4v) is 5.05. The predicted octanol–water partition coefficient (Wildman–Crippen LogP) is 5.37. The largest absolute Gasteiger partial charge is 0.506 e. The van der Waals surface area contributed by atoms with Crippen LogP contribution in [-0.2, 0) is 25.8 Å². The monoisotopic (exact) mass is 432 g/mol. The van der Waals surface area contributed by atoms with Crippen LogP contribution in [0.2, 0.25) is 0 Å². The molecule has 0 saturated carbocycles. The van der Waals surface area contributed by atoms with Gasteiger partial charge in [0.15, 0.2) is 0 Å². The molecule has 0 saturated heterocycles. The second kappa shape index (κ2) is 11.7. The number of aromatic hydroxyl groups is 1. The van der Waals surface area contributed by atoms with Crippen molar-refractivity contribution in [3.63, 3.8) is 0 Å². The van der Waals surface area contributed by atoms with Crippen LogP contribution in [0.25, 0.3) is 0 Å². The molecule has 1 atom stereocenters. The lowest BCUT2D eigenvalue weighted by Crippen LogP contribution is -2.06. The highest BCUT2D eigenvalue weighted by Crippen LogP contribution is 2.33. The van der Waals surface area contributed by atoms with Gasteiger partial charge in [0.1, 0.15) is 10.6 Å². The Bertz CT molecular complexity index is 907. The second-order valence-corrected chi connectivity index (χ2v) is 9.71. The third-order valence-corrected chi connectivity index (χ3v) is 7.02. The molecule has 0 aliphatic rings. The van der Waals surface area contributed by atoms with E-state index in [0.717, 1.165) is 50.5 Å². The number of sulfone groups is 1. The summed E-state index contributed by atoms with van der Waals surface area (Å²) in [5, 5.41) is 10.7. The van der Waals surface area contributed by atoms with E-state index in [9.17, 15) is 18.3 Å². The molecule has 6 heteroatoms. The number of unbranched alkanes of at least 4 members (excludes halogenated alkanes) is 5. The van der Waals surface area contributed by atoms with Crippen molar-refractivity contribution in [1.82, 2.24) is 0 Å². The summed E-state index contributed by atoms with van der Waals surface area (Å²) in [6.07, 6.45) is 7.76. The van der Waals surface area contributed by atoms with Gasteiger partial charge < -0.3 is 9.84 Å². The van der Waals surface area contributed by atoms with E-state index < -0.39 is 9.84 Å². The summed E-state index contributed by atoms with van der Waals surface area (Å²) in [5.74, 6) is -0.131. The number of rotatable bonds is 13. The Morgan fingerprint density at radius 2 is 1.63 bits per heavy atom. The first-order chi connectivity index (χ1) is 14.4. The van der Waals surface area contributed by atoms with E-state index in [1.54, 1.807) is 30.3 Å². The van der Waals surface area contributed by atoms with E-state index in [4.69, 9.17) is 4.74 Å². The van der Waals surface area contributed by atoms with Gasteiger partial charge in [-0.3, -0.25) is 4.79 Å². The van der Waals surface area contributed by atoms with E-state index in [2.05, 4.69) is 0 Å². The first-order valence-electron chi connectivity index (χ1n) is 10.6. The third kappa shape index (κ3) is 6.87. The number of phenolic OH excluding ortho intramolecular Hbond substituents is 1. The van der Waals surface area contributed by atoms with Crippen LogP contribution in [0.4, 0.5) is 0 Å². The van der Waals surface area contributed by atoms with Crippen LogP contribution in [0.3, 0.4) is 0 Å². The van der Waals surface area contributed by atoms with Crippen molar-refractivity contribution in [1.29, 1.82) is 0 Å². The molecular weight excluding hydrogens is 400 g/mol. The summed E-state index contributed by atoms with van der Waals surface area (Å²) in [7, 11) is -3.75. The lowest BCUT2D eigenvalue weighted by atomic mass is 10.0. The lowest BCUT2D eigenvalue weighted by molar-refractivity contribution is -0.133. The van der Waals surface area contributed by atoms with Crippen molar-refractivity contribution in [3.8, 4) is 5.75 Å². The summed E-state index contributed by atoms with van der Waals surface area (Å²) in [4.78, 5) is 10.4. The molecule has 2 aromatic carbocycles. The Morgan fingerprint density at radius 3 is 2.30 bits per heavy atom. The highest BCUT2D eigenvalue weighted by molar-refractivity contribution is 7.91. The molecule has 30 heavy (non-hydrogen) atoms. The van der Waals surface area contributed by atoms with Crippen LogP contribution >= 0.6 is 0 Å². The molecule has 0 amide bonds. The van der Waals surface area contributed by atoms with Gasteiger partial charge in [-0.25, -0.2) is 8.42 Å². The fraction of sp³-hybridized carbons (Fsp3) is 0.458. The minimum Gasteiger partial charge on any atom is -0.506 e. The van der Waals surface area contributed by atoms with Crippen molar-refractivity contribution in [3.05, 3.63) is 53.6 Å². The summed E-state index contributed by atoms with van der Waals surface area (Å²) in [5.41, 5.74) is 1.51. The number of phenols is 1. The molecule has 5 nitrogen and oxygen atoms in total. The fourth-order valence-electron chi connectivity index (χ4n) is 3.56. The third-order valence-electron chi connectivity index (χ3n) is 5.24. The van der Waals surface area contributed by atoms with Gasteiger partial charge >= 0.3 is 0 Å². The second-order valence-electron chi connectivity index (χ2n) is 7.79. The van der Waals surface area contributed by atoms with Crippen molar-refractivity contribution in [2.75, 3.05) is 0 Å². The first-order valence-corrected chi connectivity index (χ1v) is 12.1. The summed E-state index contributed by atoms with van der Waals surface area (Å²) < 4.78 is 30.7. The normalized spacial score (nSPS) is 12.5. The summed E-state index contributed by atoms with van der Waals surface area (Å²) in [6, 6.07) is 11.6. The number of aryl methyl sites for hydroxylation is 2. The molecule has 0 fully saturated rings.